The monoisotopic (exact) mass is 267 g/mol. The van der Waals surface area contributed by atoms with Crippen LogP contribution in [0.25, 0.3) is 0 Å². The van der Waals surface area contributed by atoms with Crippen molar-refractivity contribution in [1.82, 2.24) is 5.32 Å². The molecule has 0 fully saturated rings. The number of nitrogens with one attached hydrogen (secondary N) is 1. The van der Waals surface area contributed by atoms with E-state index in [-0.39, 0.29) is 0 Å². The molecule has 4 heteroatoms. The number of hydrogen-bond acceptors (Lipinski definition) is 4. The van der Waals surface area contributed by atoms with Crippen molar-refractivity contribution in [3.05, 3.63) is 24.3 Å². The Morgan fingerprint density at radius 2 is 1.74 bits per heavy atom. The fraction of sp³-hybridized carbons (Fsp3) is 0.600. The number of hydrogen-bond donors (Lipinski definition) is 2. The maximum atomic E-state index is 8.65. The van der Waals surface area contributed by atoms with Gasteiger partial charge in [-0.05, 0) is 31.5 Å². The Morgan fingerprint density at radius 1 is 1.00 bits per heavy atom. The summed E-state index contributed by atoms with van der Waals surface area (Å²) in [5.41, 5.74) is 0. The largest absolute Gasteiger partial charge is 0.493 e. The normalized spacial score (nSPS) is 10.4. The summed E-state index contributed by atoms with van der Waals surface area (Å²) in [5.74, 6) is 1.56. The topological polar surface area (TPSA) is 50.7 Å². The van der Waals surface area contributed by atoms with Crippen molar-refractivity contribution in [3.63, 3.8) is 0 Å². The molecule has 0 saturated heterocycles. The fourth-order valence-corrected chi connectivity index (χ4v) is 1.81. The first-order chi connectivity index (χ1) is 9.38. The van der Waals surface area contributed by atoms with Crippen LogP contribution in [0.15, 0.2) is 24.3 Å². The van der Waals surface area contributed by atoms with Crippen LogP contribution in [0.5, 0.6) is 11.5 Å². The first-order valence-corrected chi connectivity index (χ1v) is 6.96. The van der Waals surface area contributed by atoms with Gasteiger partial charge >= 0.3 is 0 Å². The van der Waals surface area contributed by atoms with Gasteiger partial charge in [-0.15, -0.1) is 0 Å². The highest BCUT2D eigenvalue weighted by molar-refractivity contribution is 5.39. The number of rotatable bonds is 11. The molecule has 0 aliphatic carbocycles. The number of benzene rings is 1. The van der Waals surface area contributed by atoms with Crippen LogP contribution in [0.3, 0.4) is 0 Å². The van der Waals surface area contributed by atoms with Crippen LogP contribution < -0.4 is 14.8 Å². The summed E-state index contributed by atoms with van der Waals surface area (Å²) in [7, 11) is 1.65. The second-order valence-electron chi connectivity index (χ2n) is 4.39. The van der Waals surface area contributed by atoms with Crippen molar-refractivity contribution in [1.29, 1.82) is 0 Å². The molecule has 1 aromatic rings. The maximum Gasteiger partial charge on any atom is 0.161 e. The molecule has 108 valence electrons. The summed E-state index contributed by atoms with van der Waals surface area (Å²) in [4.78, 5) is 0. The Hall–Kier alpha value is -1.26. The molecular weight excluding hydrogens is 242 g/mol. The molecule has 1 aromatic carbocycles. The third-order valence-corrected chi connectivity index (χ3v) is 2.87. The van der Waals surface area contributed by atoms with Gasteiger partial charge in [0.1, 0.15) is 6.61 Å². The Labute approximate surface area is 115 Å². The van der Waals surface area contributed by atoms with Gasteiger partial charge in [0.15, 0.2) is 11.5 Å². The van der Waals surface area contributed by atoms with Crippen LogP contribution in [-0.4, -0.2) is 38.5 Å². The van der Waals surface area contributed by atoms with Gasteiger partial charge in [-0.3, -0.25) is 0 Å². The molecular formula is C15H25NO3. The highest BCUT2D eigenvalue weighted by atomic mass is 16.5. The maximum absolute atomic E-state index is 8.65. The molecule has 0 aliphatic rings. The average Bonchev–Trinajstić information content (AvgIpc) is 2.46. The zero-order valence-electron chi connectivity index (χ0n) is 11.7. The van der Waals surface area contributed by atoms with Gasteiger partial charge in [0.2, 0.25) is 0 Å². The minimum absolute atomic E-state index is 0.306. The fourth-order valence-electron chi connectivity index (χ4n) is 1.81. The molecule has 0 radical (unpaired) electrons. The molecule has 0 aromatic heterocycles. The lowest BCUT2D eigenvalue weighted by molar-refractivity contribution is 0.281. The SMILES string of the molecule is COc1ccccc1OCCNCCCCCCO. The van der Waals surface area contributed by atoms with Gasteiger partial charge < -0.3 is 19.9 Å². The number of aliphatic hydroxyl groups excluding tert-OH is 1. The van der Waals surface area contributed by atoms with E-state index in [2.05, 4.69) is 5.32 Å². The van der Waals surface area contributed by atoms with Crippen molar-refractivity contribution in [2.24, 2.45) is 0 Å². The second-order valence-corrected chi connectivity index (χ2v) is 4.39. The lowest BCUT2D eigenvalue weighted by Gasteiger charge is -2.10. The van der Waals surface area contributed by atoms with Crippen LogP contribution >= 0.6 is 0 Å². The third kappa shape index (κ3) is 7.03. The van der Waals surface area contributed by atoms with Gasteiger partial charge in [0.25, 0.3) is 0 Å². The molecule has 0 aliphatic heterocycles. The quantitative estimate of drug-likeness (QED) is 0.604. The van der Waals surface area contributed by atoms with Gasteiger partial charge in [-0.1, -0.05) is 25.0 Å². The van der Waals surface area contributed by atoms with Crippen LogP contribution in [-0.2, 0) is 0 Å². The number of aliphatic hydroxyl groups is 1. The summed E-state index contributed by atoms with van der Waals surface area (Å²) in [6, 6.07) is 7.67. The van der Waals surface area contributed by atoms with E-state index in [0.717, 1.165) is 43.9 Å². The molecule has 19 heavy (non-hydrogen) atoms. The molecule has 2 N–H and O–H groups in total. The molecule has 0 atom stereocenters. The summed E-state index contributed by atoms with van der Waals surface area (Å²) in [6.45, 7) is 2.77. The van der Waals surface area contributed by atoms with Crippen molar-refractivity contribution in [2.45, 2.75) is 25.7 Å². The van der Waals surface area contributed by atoms with Crippen molar-refractivity contribution < 1.29 is 14.6 Å². The number of methoxy groups -OCH3 is 1. The minimum atomic E-state index is 0.306. The van der Waals surface area contributed by atoms with E-state index in [1.165, 1.54) is 6.42 Å². The highest BCUT2D eigenvalue weighted by Gasteiger charge is 2.01. The summed E-state index contributed by atoms with van der Waals surface area (Å²) >= 11 is 0. The molecule has 0 spiro atoms. The standard InChI is InChI=1S/C15H25NO3/c1-18-14-8-4-5-9-15(14)19-13-11-16-10-6-2-3-7-12-17/h4-5,8-9,16-17H,2-3,6-7,10-13H2,1H3. The van der Waals surface area contributed by atoms with Gasteiger partial charge in [0.05, 0.1) is 7.11 Å². The number of unbranched alkanes of at least 4 members (excludes halogenated alkanes) is 3. The molecule has 0 amide bonds. The Kier molecular flexibility index (Phi) is 8.85. The molecule has 0 bridgehead atoms. The lowest BCUT2D eigenvalue weighted by atomic mass is 10.2. The third-order valence-electron chi connectivity index (χ3n) is 2.87. The predicted molar refractivity (Wildman–Crippen MR) is 76.9 cm³/mol. The van der Waals surface area contributed by atoms with Gasteiger partial charge in [-0.25, -0.2) is 0 Å². The zero-order valence-corrected chi connectivity index (χ0v) is 11.7. The zero-order chi connectivity index (χ0) is 13.8. The molecule has 4 nitrogen and oxygen atoms in total. The summed E-state index contributed by atoms with van der Waals surface area (Å²) in [6.07, 6.45) is 4.34. The number of ether oxygens (including phenoxy) is 2. The second kappa shape index (κ2) is 10.6. The van der Waals surface area contributed by atoms with E-state index in [1.54, 1.807) is 7.11 Å². The van der Waals surface area contributed by atoms with E-state index < -0.39 is 0 Å². The van der Waals surface area contributed by atoms with Crippen LogP contribution in [0.4, 0.5) is 0 Å². The Balaban J connectivity index is 2.01. The van der Waals surface area contributed by atoms with Crippen molar-refractivity contribution in [3.8, 4) is 11.5 Å². The van der Waals surface area contributed by atoms with E-state index in [0.29, 0.717) is 13.2 Å². The van der Waals surface area contributed by atoms with E-state index in [4.69, 9.17) is 14.6 Å². The smallest absolute Gasteiger partial charge is 0.161 e. The Morgan fingerprint density at radius 3 is 2.47 bits per heavy atom. The average molecular weight is 267 g/mol. The first kappa shape index (κ1) is 15.8. The van der Waals surface area contributed by atoms with Crippen LogP contribution in [0.1, 0.15) is 25.7 Å². The van der Waals surface area contributed by atoms with Crippen LogP contribution in [0, 0.1) is 0 Å². The predicted octanol–water partition coefficient (Wildman–Crippen LogP) is 2.22. The van der Waals surface area contributed by atoms with E-state index >= 15 is 0 Å². The summed E-state index contributed by atoms with van der Waals surface area (Å²) < 4.78 is 10.9. The van der Waals surface area contributed by atoms with E-state index in [1.807, 2.05) is 24.3 Å². The molecule has 0 unspecified atom stereocenters. The van der Waals surface area contributed by atoms with Crippen molar-refractivity contribution >= 4 is 0 Å². The van der Waals surface area contributed by atoms with Crippen LogP contribution in [0.2, 0.25) is 0 Å². The molecule has 1 rings (SSSR count). The van der Waals surface area contributed by atoms with Crippen molar-refractivity contribution in [2.75, 3.05) is 33.4 Å². The Bertz CT molecular complexity index is 331. The molecule has 0 heterocycles. The first-order valence-electron chi connectivity index (χ1n) is 6.96. The summed E-state index contributed by atoms with van der Waals surface area (Å²) in [5, 5.41) is 12.0. The van der Waals surface area contributed by atoms with Gasteiger partial charge in [-0.2, -0.15) is 0 Å². The number of para-hydroxylation sites is 2. The van der Waals surface area contributed by atoms with E-state index in [9.17, 15) is 0 Å². The lowest BCUT2D eigenvalue weighted by Crippen LogP contribution is -2.22. The highest BCUT2D eigenvalue weighted by Crippen LogP contribution is 2.25. The van der Waals surface area contributed by atoms with Gasteiger partial charge in [0, 0.05) is 13.2 Å². The molecule has 0 saturated carbocycles. The minimum Gasteiger partial charge on any atom is -0.493 e.